The van der Waals surface area contributed by atoms with E-state index in [1.54, 1.807) is 11.3 Å². The average molecular weight is 279 g/mol. The molecule has 1 aliphatic carbocycles. The van der Waals surface area contributed by atoms with Crippen LogP contribution in [0.1, 0.15) is 42.8 Å². The van der Waals surface area contributed by atoms with Gasteiger partial charge >= 0.3 is 0 Å². The van der Waals surface area contributed by atoms with Gasteiger partial charge < -0.3 is 10.6 Å². The van der Waals surface area contributed by atoms with E-state index in [2.05, 4.69) is 21.0 Å². The van der Waals surface area contributed by atoms with Crippen LogP contribution in [0.2, 0.25) is 0 Å². The van der Waals surface area contributed by atoms with E-state index in [0.717, 1.165) is 49.5 Å². The van der Waals surface area contributed by atoms with Crippen LogP contribution >= 0.6 is 11.3 Å². The van der Waals surface area contributed by atoms with Crippen molar-refractivity contribution in [3.63, 3.8) is 0 Å². The summed E-state index contributed by atoms with van der Waals surface area (Å²) in [6, 6.07) is 0. The third-order valence-electron chi connectivity index (χ3n) is 4.27. The molecule has 5 heteroatoms. The lowest BCUT2D eigenvalue weighted by Crippen LogP contribution is -2.54. The maximum absolute atomic E-state index is 12.4. The van der Waals surface area contributed by atoms with Gasteiger partial charge in [0, 0.05) is 17.6 Å². The summed E-state index contributed by atoms with van der Waals surface area (Å²) in [5, 5.41) is 9.77. The fourth-order valence-electron chi connectivity index (χ4n) is 2.91. The number of piperidine rings is 1. The molecule has 1 aromatic rings. The van der Waals surface area contributed by atoms with E-state index in [9.17, 15) is 4.79 Å². The van der Waals surface area contributed by atoms with Crippen molar-refractivity contribution < 1.29 is 4.79 Å². The lowest BCUT2D eigenvalue weighted by Gasteiger charge is -2.42. The first kappa shape index (κ1) is 13.1. The number of nitrogens with one attached hydrogen (secondary N) is 2. The molecule has 1 aliphatic heterocycles. The summed E-state index contributed by atoms with van der Waals surface area (Å²) in [5.41, 5.74) is 0.896. The molecule has 1 aromatic heterocycles. The van der Waals surface area contributed by atoms with Crippen molar-refractivity contribution in [2.75, 3.05) is 13.1 Å². The van der Waals surface area contributed by atoms with Crippen molar-refractivity contribution >= 4 is 17.2 Å². The molecule has 3 rings (SSSR count). The molecule has 0 bridgehead atoms. The fraction of sp³-hybridized carbons (Fsp3) is 0.714. The Morgan fingerprint density at radius 2 is 2.37 bits per heavy atom. The molecule has 1 amide bonds. The van der Waals surface area contributed by atoms with Gasteiger partial charge in [-0.2, -0.15) is 0 Å². The molecular weight excluding hydrogens is 258 g/mol. The number of amides is 1. The zero-order chi connectivity index (χ0) is 13.3. The van der Waals surface area contributed by atoms with Gasteiger partial charge in [0.25, 0.3) is 0 Å². The maximum Gasteiger partial charge on any atom is 0.225 e. The highest BCUT2D eigenvalue weighted by atomic mass is 32.1. The Kier molecular flexibility index (Phi) is 3.58. The molecule has 19 heavy (non-hydrogen) atoms. The minimum absolute atomic E-state index is 0.132. The molecule has 0 radical (unpaired) electrons. The number of aryl methyl sites for hydroxylation is 1. The highest BCUT2D eigenvalue weighted by Crippen LogP contribution is 2.42. The smallest absolute Gasteiger partial charge is 0.225 e. The summed E-state index contributed by atoms with van der Waals surface area (Å²) in [5.74, 6) is 0.340. The van der Waals surface area contributed by atoms with Crippen molar-refractivity contribution in [1.29, 1.82) is 0 Å². The SMILES string of the molecule is Cc1csc(C2(NC(=O)C3CCCNC3)CCC2)n1. The standard InChI is InChI=1S/C14H21N3OS/c1-10-9-19-13(16-10)14(5-3-6-14)17-12(18)11-4-2-7-15-8-11/h9,11,15H,2-8H2,1H3,(H,17,18). The van der Waals surface area contributed by atoms with E-state index in [4.69, 9.17) is 0 Å². The molecule has 1 saturated carbocycles. The van der Waals surface area contributed by atoms with E-state index in [-0.39, 0.29) is 17.4 Å². The van der Waals surface area contributed by atoms with E-state index in [1.807, 2.05) is 6.92 Å². The number of rotatable bonds is 3. The summed E-state index contributed by atoms with van der Waals surface area (Å²) in [4.78, 5) is 17.0. The highest BCUT2D eigenvalue weighted by Gasteiger charge is 2.43. The highest BCUT2D eigenvalue weighted by molar-refractivity contribution is 7.09. The molecule has 104 valence electrons. The quantitative estimate of drug-likeness (QED) is 0.889. The number of hydrogen-bond donors (Lipinski definition) is 2. The third-order valence-corrected chi connectivity index (χ3v) is 5.43. The number of nitrogens with zero attached hydrogens (tertiary/aromatic N) is 1. The van der Waals surface area contributed by atoms with Gasteiger partial charge in [-0.3, -0.25) is 4.79 Å². The topological polar surface area (TPSA) is 54.0 Å². The largest absolute Gasteiger partial charge is 0.344 e. The average Bonchev–Trinajstić information content (AvgIpc) is 2.81. The van der Waals surface area contributed by atoms with Crippen molar-refractivity contribution in [1.82, 2.24) is 15.6 Å². The molecule has 1 saturated heterocycles. The van der Waals surface area contributed by atoms with Crippen LogP contribution in [0.4, 0.5) is 0 Å². The predicted octanol–water partition coefficient (Wildman–Crippen LogP) is 1.95. The van der Waals surface area contributed by atoms with Crippen LogP contribution in [0.15, 0.2) is 5.38 Å². The number of hydrogen-bond acceptors (Lipinski definition) is 4. The molecule has 0 spiro atoms. The van der Waals surface area contributed by atoms with Crippen LogP contribution in [-0.4, -0.2) is 24.0 Å². The number of thiazole rings is 1. The molecular formula is C14H21N3OS. The molecule has 2 heterocycles. The zero-order valence-electron chi connectivity index (χ0n) is 11.4. The van der Waals surface area contributed by atoms with Crippen LogP contribution in [0.3, 0.4) is 0 Å². The van der Waals surface area contributed by atoms with Crippen molar-refractivity contribution in [2.24, 2.45) is 5.92 Å². The first-order chi connectivity index (χ1) is 9.20. The molecule has 0 aromatic carbocycles. The Morgan fingerprint density at radius 3 is 2.89 bits per heavy atom. The van der Waals surface area contributed by atoms with Gasteiger partial charge in [-0.15, -0.1) is 11.3 Å². The zero-order valence-corrected chi connectivity index (χ0v) is 12.2. The summed E-state index contributed by atoms with van der Waals surface area (Å²) >= 11 is 1.68. The Balaban J connectivity index is 1.71. The van der Waals surface area contributed by atoms with Crippen molar-refractivity contribution in [3.05, 3.63) is 16.1 Å². The van der Waals surface area contributed by atoms with Gasteiger partial charge in [-0.25, -0.2) is 4.98 Å². The predicted molar refractivity (Wildman–Crippen MR) is 76.1 cm³/mol. The fourth-order valence-corrected chi connectivity index (χ4v) is 3.92. The van der Waals surface area contributed by atoms with E-state index in [1.165, 1.54) is 6.42 Å². The molecule has 2 fully saturated rings. The molecule has 4 nitrogen and oxygen atoms in total. The molecule has 2 N–H and O–H groups in total. The van der Waals surface area contributed by atoms with Crippen molar-refractivity contribution in [2.45, 2.75) is 44.6 Å². The molecule has 2 aliphatic rings. The molecule has 1 atom stereocenters. The van der Waals surface area contributed by atoms with Crippen LogP contribution < -0.4 is 10.6 Å². The van der Waals surface area contributed by atoms with Crippen molar-refractivity contribution in [3.8, 4) is 0 Å². The Bertz CT molecular complexity index is 461. The lowest BCUT2D eigenvalue weighted by atomic mass is 9.76. The van der Waals surface area contributed by atoms with E-state index in [0.29, 0.717) is 0 Å². The van der Waals surface area contributed by atoms with Gasteiger partial charge in [0.05, 0.1) is 11.5 Å². The molecule has 1 unspecified atom stereocenters. The first-order valence-corrected chi connectivity index (χ1v) is 8.03. The number of carbonyl (C=O) groups is 1. The second-order valence-electron chi connectivity index (χ2n) is 5.76. The normalized spacial score (nSPS) is 25.6. The Labute approximate surface area is 118 Å². The van der Waals surface area contributed by atoms with Gasteiger partial charge in [-0.05, 0) is 45.6 Å². The minimum atomic E-state index is -0.159. The van der Waals surface area contributed by atoms with E-state index < -0.39 is 0 Å². The second-order valence-corrected chi connectivity index (χ2v) is 6.62. The summed E-state index contributed by atoms with van der Waals surface area (Å²) < 4.78 is 0. The second kappa shape index (κ2) is 5.21. The third kappa shape index (κ3) is 2.54. The van der Waals surface area contributed by atoms with Crippen LogP contribution in [0.5, 0.6) is 0 Å². The number of carbonyl (C=O) groups excluding carboxylic acids is 1. The Hall–Kier alpha value is -0.940. The van der Waals surface area contributed by atoms with Gasteiger partial charge in [0.1, 0.15) is 5.01 Å². The van der Waals surface area contributed by atoms with Crippen LogP contribution in [-0.2, 0) is 10.3 Å². The van der Waals surface area contributed by atoms with E-state index >= 15 is 0 Å². The summed E-state index contributed by atoms with van der Waals surface area (Å²) in [6.45, 7) is 3.87. The maximum atomic E-state index is 12.4. The monoisotopic (exact) mass is 279 g/mol. The number of aromatic nitrogens is 1. The minimum Gasteiger partial charge on any atom is -0.344 e. The van der Waals surface area contributed by atoms with Gasteiger partial charge in [0.2, 0.25) is 5.91 Å². The first-order valence-electron chi connectivity index (χ1n) is 7.15. The van der Waals surface area contributed by atoms with Crippen LogP contribution in [0.25, 0.3) is 0 Å². The van der Waals surface area contributed by atoms with Gasteiger partial charge in [0.15, 0.2) is 0 Å². The van der Waals surface area contributed by atoms with Crippen LogP contribution in [0, 0.1) is 12.8 Å². The summed E-state index contributed by atoms with van der Waals surface area (Å²) in [7, 11) is 0. The summed E-state index contributed by atoms with van der Waals surface area (Å²) in [6.07, 6.45) is 5.35. The van der Waals surface area contributed by atoms with Gasteiger partial charge in [-0.1, -0.05) is 0 Å². The Morgan fingerprint density at radius 1 is 1.53 bits per heavy atom. The lowest BCUT2D eigenvalue weighted by molar-refractivity contribution is -0.128.